The Kier molecular flexibility index (Phi) is 9.05. The van der Waals surface area contributed by atoms with Gasteiger partial charge >= 0.3 is 0 Å². The Morgan fingerprint density at radius 1 is 0.659 bits per heavy atom. The maximum atomic E-state index is 11.8. The van der Waals surface area contributed by atoms with E-state index in [0.717, 1.165) is 31.2 Å². The van der Waals surface area contributed by atoms with Crippen LogP contribution in [0.25, 0.3) is 22.3 Å². The third-order valence-corrected chi connectivity index (χ3v) is 7.83. The number of benzene rings is 4. The van der Waals surface area contributed by atoms with Gasteiger partial charge in [-0.15, -0.1) is 0 Å². The Morgan fingerprint density at radius 2 is 1.15 bits per heavy atom. The smallest absolute Gasteiger partial charge is 0.229 e. The third kappa shape index (κ3) is 7.37. The van der Waals surface area contributed by atoms with Gasteiger partial charge in [0.05, 0.1) is 0 Å². The van der Waals surface area contributed by atoms with Crippen molar-refractivity contribution in [1.29, 1.82) is 0 Å². The molecule has 1 N–H and O–H groups in total. The van der Waals surface area contributed by atoms with Crippen molar-refractivity contribution in [3.05, 3.63) is 120 Å². The van der Waals surface area contributed by atoms with Gasteiger partial charge in [0.15, 0.2) is 0 Å². The van der Waals surface area contributed by atoms with Crippen molar-refractivity contribution in [3.8, 4) is 22.3 Å². The summed E-state index contributed by atoms with van der Waals surface area (Å²) in [6, 6.07) is 37.9. The summed E-state index contributed by atoms with van der Waals surface area (Å²) in [5, 5.41) is 3.01. The predicted molar refractivity (Wildman–Crippen MR) is 163 cm³/mol. The van der Waals surface area contributed by atoms with Crippen molar-refractivity contribution in [3.63, 3.8) is 0 Å². The Bertz CT molecular complexity index is 1470. The minimum atomic E-state index is -0.145. The van der Waals surface area contributed by atoms with E-state index < -0.39 is 0 Å². The summed E-state index contributed by atoms with van der Waals surface area (Å²) in [6.45, 7) is 1.47. The van der Waals surface area contributed by atoms with Gasteiger partial charge in [0.25, 0.3) is 0 Å². The molecule has 2 saturated heterocycles. The molecule has 6 rings (SSSR count). The minimum Gasteiger partial charge on any atom is -0.353 e. The molecule has 5 nitrogen and oxygen atoms in total. The number of amides is 3. The molecule has 4 aromatic rings. The van der Waals surface area contributed by atoms with Crippen LogP contribution in [-0.4, -0.2) is 34.7 Å². The van der Waals surface area contributed by atoms with E-state index in [2.05, 4.69) is 90.2 Å². The quantitative estimate of drug-likeness (QED) is 0.297. The first-order chi connectivity index (χ1) is 20.0. The molecule has 2 fully saturated rings. The van der Waals surface area contributed by atoms with Gasteiger partial charge in [-0.05, 0) is 59.1 Å². The molecule has 208 valence electrons. The fourth-order valence-electron chi connectivity index (χ4n) is 5.68. The Morgan fingerprint density at radius 3 is 1.61 bits per heavy atom. The van der Waals surface area contributed by atoms with Crippen molar-refractivity contribution >= 4 is 17.7 Å². The highest BCUT2D eigenvalue weighted by Crippen LogP contribution is 2.25. The molecule has 0 saturated carbocycles. The van der Waals surface area contributed by atoms with Gasteiger partial charge in [-0.3, -0.25) is 19.3 Å². The van der Waals surface area contributed by atoms with E-state index in [4.69, 9.17) is 0 Å². The molecule has 2 aliphatic rings. The zero-order valence-electron chi connectivity index (χ0n) is 23.5. The van der Waals surface area contributed by atoms with Crippen LogP contribution in [0.2, 0.25) is 0 Å². The molecular formula is C36H36N2O3. The first-order valence-corrected chi connectivity index (χ1v) is 14.4. The highest BCUT2D eigenvalue weighted by atomic mass is 16.2. The van der Waals surface area contributed by atoms with Gasteiger partial charge in [-0.2, -0.15) is 0 Å². The van der Waals surface area contributed by atoms with Crippen molar-refractivity contribution in [2.75, 3.05) is 0 Å². The van der Waals surface area contributed by atoms with Crippen LogP contribution >= 0.6 is 0 Å². The summed E-state index contributed by atoms with van der Waals surface area (Å²) >= 11 is 0. The second-order valence-electron chi connectivity index (χ2n) is 10.8. The van der Waals surface area contributed by atoms with Crippen LogP contribution in [-0.2, 0) is 27.2 Å². The Hall–Kier alpha value is -4.51. The molecule has 41 heavy (non-hydrogen) atoms. The molecular weight excluding hydrogens is 508 g/mol. The average molecular weight is 545 g/mol. The topological polar surface area (TPSA) is 66.5 Å². The highest BCUT2D eigenvalue weighted by Gasteiger charge is 2.33. The molecule has 2 atom stereocenters. The standard InChI is InChI=1S/C19H19NO2.C17H17NO/c1-14(21)20-18(11-12-19(20)22)13-15-7-9-17(10-8-15)16-5-3-2-4-6-16;19-17-11-10-16(18-17)12-13-6-8-15(9-7-13)14-4-2-1-3-5-14/h2-10,18H,11-13H2,1H3;1-9,16H,10-12H2,(H,18,19)/t18-;16-/m00/s1. The molecule has 0 aromatic heterocycles. The fraction of sp³-hybridized carbons (Fsp3) is 0.250. The summed E-state index contributed by atoms with van der Waals surface area (Å²) in [5.41, 5.74) is 7.28. The molecule has 5 heteroatoms. The number of hydrogen-bond donors (Lipinski definition) is 1. The molecule has 0 radical (unpaired) electrons. The summed E-state index contributed by atoms with van der Waals surface area (Å²) in [7, 11) is 0. The van der Waals surface area contributed by atoms with Crippen molar-refractivity contribution < 1.29 is 14.4 Å². The van der Waals surface area contributed by atoms with Crippen LogP contribution in [0.15, 0.2) is 109 Å². The summed E-state index contributed by atoms with van der Waals surface area (Å²) in [4.78, 5) is 36.0. The number of carbonyl (C=O) groups is 3. The fourth-order valence-corrected chi connectivity index (χ4v) is 5.68. The van der Waals surface area contributed by atoms with Crippen LogP contribution in [0.1, 0.15) is 43.7 Å². The second-order valence-corrected chi connectivity index (χ2v) is 10.8. The van der Waals surface area contributed by atoms with Gasteiger partial charge in [-0.25, -0.2) is 0 Å². The maximum absolute atomic E-state index is 11.8. The lowest BCUT2D eigenvalue weighted by Gasteiger charge is -2.21. The zero-order valence-corrected chi connectivity index (χ0v) is 23.5. The summed E-state index contributed by atoms with van der Waals surface area (Å²) in [5.74, 6) is -0.00211. The van der Waals surface area contributed by atoms with Gasteiger partial charge in [-0.1, -0.05) is 109 Å². The second kappa shape index (κ2) is 13.2. The van der Waals surface area contributed by atoms with Crippen LogP contribution < -0.4 is 5.32 Å². The number of nitrogens with one attached hydrogen (secondary N) is 1. The van der Waals surface area contributed by atoms with E-state index in [0.29, 0.717) is 18.9 Å². The molecule has 0 aliphatic carbocycles. The molecule has 3 amide bonds. The van der Waals surface area contributed by atoms with Crippen LogP contribution in [0.3, 0.4) is 0 Å². The van der Waals surface area contributed by atoms with E-state index in [1.54, 1.807) is 0 Å². The van der Waals surface area contributed by atoms with Gasteiger partial charge in [0, 0.05) is 31.8 Å². The average Bonchev–Trinajstić information content (AvgIpc) is 3.59. The lowest BCUT2D eigenvalue weighted by Crippen LogP contribution is -2.38. The predicted octanol–water partition coefficient (Wildman–Crippen LogP) is 6.61. The number of hydrogen-bond acceptors (Lipinski definition) is 3. The van der Waals surface area contributed by atoms with Crippen LogP contribution in [0.4, 0.5) is 0 Å². The SMILES string of the molecule is CC(=O)N1C(=O)CC[C@H]1Cc1ccc(-c2ccccc2)cc1.O=C1CC[C@@H](Cc2ccc(-c3ccccc3)cc2)N1. The van der Waals surface area contributed by atoms with E-state index >= 15 is 0 Å². The number of carbonyl (C=O) groups excluding carboxylic acids is 3. The molecule has 0 unspecified atom stereocenters. The molecule has 2 heterocycles. The largest absolute Gasteiger partial charge is 0.353 e. The monoisotopic (exact) mass is 544 g/mol. The van der Waals surface area contributed by atoms with E-state index in [-0.39, 0.29) is 23.8 Å². The molecule has 0 spiro atoms. The lowest BCUT2D eigenvalue weighted by molar-refractivity contribution is -0.142. The van der Waals surface area contributed by atoms with E-state index in [9.17, 15) is 14.4 Å². The first-order valence-electron chi connectivity index (χ1n) is 14.4. The third-order valence-electron chi connectivity index (χ3n) is 7.83. The normalized spacial score (nSPS) is 18.0. The van der Waals surface area contributed by atoms with Crippen molar-refractivity contribution in [2.24, 2.45) is 0 Å². The highest BCUT2D eigenvalue weighted by molar-refractivity contribution is 5.96. The number of likely N-dealkylation sites (tertiary alicyclic amines) is 1. The number of nitrogens with zero attached hydrogens (tertiary/aromatic N) is 1. The first kappa shape index (κ1) is 28.0. The van der Waals surface area contributed by atoms with Crippen molar-refractivity contribution in [1.82, 2.24) is 10.2 Å². The van der Waals surface area contributed by atoms with Gasteiger partial charge in [0.2, 0.25) is 17.7 Å². The Balaban J connectivity index is 0.000000166. The minimum absolute atomic E-state index is 0.00701. The molecule has 0 bridgehead atoms. The number of rotatable bonds is 6. The van der Waals surface area contributed by atoms with Crippen LogP contribution in [0, 0.1) is 0 Å². The van der Waals surface area contributed by atoms with E-state index in [1.165, 1.54) is 39.6 Å². The zero-order chi connectivity index (χ0) is 28.6. The maximum Gasteiger partial charge on any atom is 0.229 e. The summed E-state index contributed by atoms with van der Waals surface area (Å²) in [6.07, 6.45) is 4.54. The van der Waals surface area contributed by atoms with E-state index in [1.807, 2.05) is 24.3 Å². The van der Waals surface area contributed by atoms with Gasteiger partial charge in [0.1, 0.15) is 0 Å². The Labute approximate surface area is 242 Å². The molecule has 4 aromatic carbocycles. The van der Waals surface area contributed by atoms with Crippen molar-refractivity contribution in [2.45, 2.75) is 57.5 Å². The van der Waals surface area contributed by atoms with Crippen LogP contribution in [0.5, 0.6) is 0 Å². The van der Waals surface area contributed by atoms with Gasteiger partial charge < -0.3 is 5.32 Å². The molecule has 2 aliphatic heterocycles. The summed E-state index contributed by atoms with van der Waals surface area (Å²) < 4.78 is 0. The number of imide groups is 1. The lowest BCUT2D eigenvalue weighted by atomic mass is 10.00.